The maximum atomic E-state index is 13.1. The maximum absolute atomic E-state index is 13.1. The topological polar surface area (TPSA) is 92.9 Å². The number of benzene rings is 1. The van der Waals surface area contributed by atoms with Crippen LogP contribution in [-0.4, -0.2) is 33.8 Å². The molecule has 0 saturated heterocycles. The number of ether oxygens (including phenoxy) is 1. The molecule has 0 unspecified atom stereocenters. The minimum Gasteiger partial charge on any atom is -0.503 e. The van der Waals surface area contributed by atoms with Crippen molar-refractivity contribution in [1.82, 2.24) is 9.88 Å². The first-order valence-electron chi connectivity index (χ1n) is 9.61. The van der Waals surface area contributed by atoms with Gasteiger partial charge in [-0.3, -0.25) is 14.6 Å². The van der Waals surface area contributed by atoms with E-state index >= 15 is 0 Å². The second-order valence-corrected chi connectivity index (χ2v) is 6.95. The van der Waals surface area contributed by atoms with E-state index < -0.39 is 23.5 Å². The minimum atomic E-state index is -0.781. The summed E-state index contributed by atoms with van der Waals surface area (Å²) in [7, 11) is 1.54. The van der Waals surface area contributed by atoms with Gasteiger partial charge in [0.25, 0.3) is 5.91 Å². The minimum absolute atomic E-state index is 0.00458. The van der Waals surface area contributed by atoms with Gasteiger partial charge in [0.15, 0.2) is 11.5 Å². The third-order valence-electron chi connectivity index (χ3n) is 5.00. The highest BCUT2D eigenvalue weighted by Gasteiger charge is 2.43. The average molecular weight is 416 g/mol. The number of nitrogens with zero attached hydrogens (tertiary/aromatic N) is 2. The van der Waals surface area contributed by atoms with Crippen LogP contribution in [0, 0.1) is 0 Å². The lowest BCUT2D eigenvalue weighted by atomic mass is 9.95. The Labute approximate surface area is 178 Å². The number of aliphatic hydroxyl groups excluding tert-OH is 1. The number of allylic oxidation sites excluding steroid dienone is 1. The van der Waals surface area contributed by atoms with Gasteiger partial charge in [0.2, 0.25) is 0 Å². The Morgan fingerprint density at radius 1 is 1.26 bits per heavy atom. The summed E-state index contributed by atoms with van der Waals surface area (Å²) in [6.07, 6.45) is 7.56. The number of methoxy groups -OCH3 is 1. The summed E-state index contributed by atoms with van der Waals surface area (Å²) in [5.74, 6) is -0.598. The summed E-state index contributed by atoms with van der Waals surface area (Å²) in [5.41, 5.74) is 1.43. The van der Waals surface area contributed by atoms with E-state index in [2.05, 4.69) is 4.98 Å². The number of carbonyl (C=O) groups is 2. The summed E-state index contributed by atoms with van der Waals surface area (Å²) in [5, 5.41) is 10.7. The van der Waals surface area contributed by atoms with Crippen LogP contribution in [0.1, 0.15) is 22.9 Å². The summed E-state index contributed by atoms with van der Waals surface area (Å²) in [4.78, 5) is 31.6. The molecule has 0 spiro atoms. The molecule has 0 fully saturated rings. The van der Waals surface area contributed by atoms with E-state index in [1.165, 1.54) is 30.4 Å². The van der Waals surface area contributed by atoms with Gasteiger partial charge in [-0.25, -0.2) is 0 Å². The molecule has 0 radical (unpaired) electrons. The van der Waals surface area contributed by atoms with Gasteiger partial charge in [-0.05, 0) is 53.6 Å². The zero-order chi connectivity index (χ0) is 21.8. The van der Waals surface area contributed by atoms with Crippen LogP contribution in [0.4, 0.5) is 0 Å². The monoisotopic (exact) mass is 416 g/mol. The molecule has 31 heavy (non-hydrogen) atoms. The van der Waals surface area contributed by atoms with Crippen molar-refractivity contribution in [1.29, 1.82) is 0 Å². The Balaban J connectivity index is 1.75. The predicted octanol–water partition coefficient (Wildman–Crippen LogP) is 3.86. The summed E-state index contributed by atoms with van der Waals surface area (Å²) in [6, 6.07) is 13.3. The third-order valence-corrected chi connectivity index (χ3v) is 5.00. The van der Waals surface area contributed by atoms with Gasteiger partial charge < -0.3 is 19.2 Å². The van der Waals surface area contributed by atoms with Crippen LogP contribution in [-0.2, 0) is 16.1 Å². The van der Waals surface area contributed by atoms with E-state index in [9.17, 15) is 14.7 Å². The van der Waals surface area contributed by atoms with Crippen molar-refractivity contribution in [2.75, 3.05) is 7.11 Å². The molecule has 1 N–H and O–H groups in total. The maximum Gasteiger partial charge on any atom is 0.290 e. The van der Waals surface area contributed by atoms with E-state index in [4.69, 9.17) is 9.15 Å². The molecule has 1 atom stereocenters. The fourth-order valence-corrected chi connectivity index (χ4v) is 3.55. The number of furan rings is 1. The molecule has 156 valence electrons. The largest absolute Gasteiger partial charge is 0.503 e. The molecule has 1 aliphatic rings. The summed E-state index contributed by atoms with van der Waals surface area (Å²) < 4.78 is 10.5. The van der Waals surface area contributed by atoms with Crippen LogP contribution < -0.4 is 4.74 Å². The Morgan fingerprint density at radius 3 is 2.84 bits per heavy atom. The van der Waals surface area contributed by atoms with Gasteiger partial charge in [-0.2, -0.15) is 0 Å². The molecular formula is C24H20N2O5. The molecule has 1 aliphatic heterocycles. The van der Waals surface area contributed by atoms with Crippen LogP contribution in [0.2, 0.25) is 0 Å². The van der Waals surface area contributed by atoms with Crippen LogP contribution in [0.25, 0.3) is 6.08 Å². The first kappa shape index (κ1) is 20.2. The summed E-state index contributed by atoms with van der Waals surface area (Å²) >= 11 is 0. The van der Waals surface area contributed by atoms with E-state index in [1.807, 2.05) is 6.07 Å². The third kappa shape index (κ3) is 4.11. The van der Waals surface area contributed by atoms with Gasteiger partial charge in [-0.1, -0.05) is 18.2 Å². The molecule has 4 rings (SSSR count). The smallest absolute Gasteiger partial charge is 0.290 e. The lowest BCUT2D eigenvalue weighted by molar-refractivity contribution is -0.130. The van der Waals surface area contributed by atoms with Gasteiger partial charge in [0, 0.05) is 18.9 Å². The number of hydrogen-bond donors (Lipinski definition) is 1. The van der Waals surface area contributed by atoms with E-state index in [0.717, 1.165) is 5.56 Å². The molecule has 1 amide bonds. The van der Waals surface area contributed by atoms with Crippen molar-refractivity contribution in [3.05, 3.63) is 101 Å². The number of aliphatic hydroxyl groups is 1. The zero-order valence-electron chi connectivity index (χ0n) is 16.8. The molecule has 0 saturated carbocycles. The molecule has 7 nitrogen and oxygen atoms in total. The number of rotatable bonds is 7. The normalized spacial score (nSPS) is 16.4. The van der Waals surface area contributed by atoms with Crippen molar-refractivity contribution in [2.45, 2.75) is 12.6 Å². The van der Waals surface area contributed by atoms with E-state index in [-0.39, 0.29) is 12.1 Å². The molecule has 3 aromatic rings. The number of ketones is 1. The molecule has 2 aromatic heterocycles. The van der Waals surface area contributed by atoms with Gasteiger partial charge in [0.05, 0.1) is 25.0 Å². The van der Waals surface area contributed by atoms with E-state index in [1.54, 1.807) is 54.9 Å². The van der Waals surface area contributed by atoms with Crippen molar-refractivity contribution in [2.24, 2.45) is 0 Å². The Hall–Kier alpha value is -4.13. The molecule has 1 aromatic carbocycles. The average Bonchev–Trinajstić information content (AvgIpc) is 3.41. The number of pyridine rings is 1. The fourth-order valence-electron chi connectivity index (χ4n) is 3.55. The van der Waals surface area contributed by atoms with Crippen LogP contribution in [0.5, 0.6) is 5.75 Å². The number of hydrogen-bond acceptors (Lipinski definition) is 6. The zero-order valence-corrected chi connectivity index (χ0v) is 16.8. The Bertz CT molecular complexity index is 1150. The van der Waals surface area contributed by atoms with Crippen LogP contribution >= 0.6 is 0 Å². The first-order valence-corrected chi connectivity index (χ1v) is 9.61. The molecule has 3 heterocycles. The van der Waals surface area contributed by atoms with Crippen molar-refractivity contribution < 1.29 is 23.8 Å². The van der Waals surface area contributed by atoms with Crippen molar-refractivity contribution >= 4 is 17.8 Å². The van der Waals surface area contributed by atoms with Crippen molar-refractivity contribution in [3.8, 4) is 5.75 Å². The standard InChI is InChI=1S/C24H20N2O5/c1-30-19-7-2-6-17(13-19)22-21(20(27)10-9-18-8-4-12-31-18)23(28)24(29)26(22)15-16-5-3-11-25-14-16/h2-14,22,28H,15H2,1H3/b10-9+/t22-/m0/s1. The highest BCUT2D eigenvalue weighted by molar-refractivity contribution is 6.14. The quantitative estimate of drug-likeness (QED) is 0.588. The number of amides is 1. The van der Waals surface area contributed by atoms with Gasteiger partial charge in [-0.15, -0.1) is 0 Å². The fraction of sp³-hybridized carbons (Fsp3) is 0.125. The van der Waals surface area contributed by atoms with Crippen LogP contribution in [0.15, 0.2) is 89.0 Å². The second kappa shape index (κ2) is 8.71. The highest BCUT2D eigenvalue weighted by atomic mass is 16.5. The molecule has 7 heteroatoms. The molecule has 0 bridgehead atoms. The second-order valence-electron chi connectivity index (χ2n) is 6.95. The SMILES string of the molecule is COc1cccc([C@H]2C(C(=O)/C=C/c3ccco3)=C(O)C(=O)N2Cc2cccnc2)c1. The lowest BCUT2D eigenvalue weighted by Crippen LogP contribution is -2.30. The lowest BCUT2D eigenvalue weighted by Gasteiger charge is -2.26. The van der Waals surface area contributed by atoms with Gasteiger partial charge in [0.1, 0.15) is 11.5 Å². The predicted molar refractivity (Wildman–Crippen MR) is 113 cm³/mol. The molecule has 0 aliphatic carbocycles. The Morgan fingerprint density at radius 2 is 2.13 bits per heavy atom. The summed E-state index contributed by atoms with van der Waals surface area (Å²) in [6.45, 7) is 0.178. The van der Waals surface area contributed by atoms with Crippen LogP contribution in [0.3, 0.4) is 0 Å². The highest BCUT2D eigenvalue weighted by Crippen LogP contribution is 2.39. The van der Waals surface area contributed by atoms with E-state index in [0.29, 0.717) is 17.1 Å². The number of aromatic nitrogens is 1. The Kier molecular flexibility index (Phi) is 5.66. The molecular weight excluding hydrogens is 396 g/mol. The first-order chi connectivity index (χ1) is 15.1. The number of carbonyl (C=O) groups excluding carboxylic acids is 2. The van der Waals surface area contributed by atoms with Gasteiger partial charge >= 0.3 is 0 Å². The van der Waals surface area contributed by atoms with Crippen molar-refractivity contribution in [3.63, 3.8) is 0 Å².